The molecule has 0 amide bonds. The van der Waals surface area contributed by atoms with Crippen molar-refractivity contribution in [2.75, 3.05) is 27.2 Å². The van der Waals surface area contributed by atoms with E-state index in [0.717, 1.165) is 19.4 Å². The number of aliphatic hydroxyl groups is 1. The summed E-state index contributed by atoms with van der Waals surface area (Å²) in [5, 5.41) is 9.47. The van der Waals surface area contributed by atoms with Crippen molar-refractivity contribution in [2.45, 2.75) is 33.6 Å². The average molecular weight is 239 g/mol. The van der Waals surface area contributed by atoms with Gasteiger partial charge in [0.15, 0.2) is 0 Å². The molecule has 0 aliphatic carbocycles. The van der Waals surface area contributed by atoms with Crippen LogP contribution in [-0.2, 0) is 0 Å². The van der Waals surface area contributed by atoms with E-state index in [-0.39, 0.29) is 6.61 Å². The Morgan fingerprint density at radius 3 is 2.35 bits per heavy atom. The minimum absolute atomic E-state index is 0.275. The Morgan fingerprint density at radius 2 is 1.94 bits per heavy atom. The maximum Gasteiger partial charge on any atom is 0.0465 e. The molecule has 2 nitrogen and oxygen atoms in total. The lowest BCUT2D eigenvalue weighted by atomic mass is 9.84. The molecule has 0 saturated carbocycles. The van der Waals surface area contributed by atoms with Crippen molar-refractivity contribution in [1.29, 1.82) is 0 Å². The quantitative estimate of drug-likeness (QED) is 0.658. The van der Waals surface area contributed by atoms with Gasteiger partial charge in [-0.25, -0.2) is 0 Å². The standard InChI is InChI=1S/C15H29NO/c1-6-8-9-10-13(3)15(11-16(4)5)14(7-2)12-17/h8-10,14-15,17H,6-7,11-12H2,1-5H3/b9-8-,13-10+/t14-,15-/m1/s1. The first-order chi connectivity index (χ1) is 8.06. The first kappa shape index (κ1) is 16.4. The molecule has 100 valence electrons. The largest absolute Gasteiger partial charge is 0.396 e. The highest BCUT2D eigenvalue weighted by atomic mass is 16.3. The van der Waals surface area contributed by atoms with E-state index in [1.165, 1.54) is 5.57 Å². The Labute approximate surface area is 107 Å². The van der Waals surface area contributed by atoms with Gasteiger partial charge in [0.25, 0.3) is 0 Å². The summed E-state index contributed by atoms with van der Waals surface area (Å²) in [6, 6.07) is 0. The normalized spacial score (nSPS) is 16.8. The third-order valence-corrected chi connectivity index (χ3v) is 3.21. The van der Waals surface area contributed by atoms with E-state index in [1.807, 2.05) is 0 Å². The van der Waals surface area contributed by atoms with Crippen LogP contribution in [0.3, 0.4) is 0 Å². The van der Waals surface area contributed by atoms with Gasteiger partial charge in [0.1, 0.15) is 0 Å². The summed E-state index contributed by atoms with van der Waals surface area (Å²) in [4.78, 5) is 2.20. The van der Waals surface area contributed by atoms with Crippen LogP contribution in [0.1, 0.15) is 33.6 Å². The lowest BCUT2D eigenvalue weighted by molar-refractivity contribution is 0.165. The topological polar surface area (TPSA) is 23.5 Å². The SMILES string of the molecule is CC/C=C\C=C(/C)[C@@H](CN(C)C)[C@H](CC)CO. The molecule has 0 radical (unpaired) electrons. The second-order valence-corrected chi connectivity index (χ2v) is 4.97. The molecule has 0 unspecified atom stereocenters. The summed E-state index contributed by atoms with van der Waals surface area (Å²) in [6.07, 6.45) is 8.57. The smallest absolute Gasteiger partial charge is 0.0465 e. The van der Waals surface area contributed by atoms with Crippen molar-refractivity contribution >= 4 is 0 Å². The average Bonchev–Trinajstić information content (AvgIpc) is 2.29. The molecule has 0 aliphatic heterocycles. The highest BCUT2D eigenvalue weighted by molar-refractivity contribution is 5.14. The highest BCUT2D eigenvalue weighted by Crippen LogP contribution is 2.24. The van der Waals surface area contributed by atoms with Crippen LogP contribution in [0.25, 0.3) is 0 Å². The van der Waals surface area contributed by atoms with Crippen LogP contribution in [-0.4, -0.2) is 37.3 Å². The summed E-state index contributed by atoms with van der Waals surface area (Å²) >= 11 is 0. The van der Waals surface area contributed by atoms with Crippen LogP contribution in [0.2, 0.25) is 0 Å². The van der Waals surface area contributed by atoms with Crippen LogP contribution >= 0.6 is 0 Å². The molecule has 1 N–H and O–H groups in total. The van der Waals surface area contributed by atoms with Gasteiger partial charge in [-0.2, -0.15) is 0 Å². The molecule has 2 heteroatoms. The summed E-state index contributed by atoms with van der Waals surface area (Å²) in [6.45, 7) is 7.74. The lowest BCUT2D eigenvalue weighted by Crippen LogP contribution is -2.30. The number of hydrogen-bond donors (Lipinski definition) is 1. The van der Waals surface area contributed by atoms with Gasteiger partial charge in [0.2, 0.25) is 0 Å². The fraction of sp³-hybridized carbons (Fsp3) is 0.733. The van der Waals surface area contributed by atoms with Crippen molar-refractivity contribution < 1.29 is 5.11 Å². The molecule has 0 bridgehead atoms. The van der Waals surface area contributed by atoms with Gasteiger partial charge < -0.3 is 10.0 Å². The zero-order chi connectivity index (χ0) is 13.3. The van der Waals surface area contributed by atoms with Crippen molar-refractivity contribution in [2.24, 2.45) is 11.8 Å². The number of hydrogen-bond acceptors (Lipinski definition) is 2. The van der Waals surface area contributed by atoms with Crippen LogP contribution < -0.4 is 0 Å². The Bertz CT molecular complexity index is 239. The predicted molar refractivity (Wildman–Crippen MR) is 76.1 cm³/mol. The van der Waals surface area contributed by atoms with E-state index in [0.29, 0.717) is 11.8 Å². The van der Waals surface area contributed by atoms with Gasteiger partial charge >= 0.3 is 0 Å². The third-order valence-electron chi connectivity index (χ3n) is 3.21. The summed E-state index contributed by atoms with van der Waals surface area (Å²) in [7, 11) is 4.18. The Hall–Kier alpha value is -0.600. The van der Waals surface area contributed by atoms with Crippen LogP contribution in [0.4, 0.5) is 0 Å². The zero-order valence-corrected chi connectivity index (χ0v) is 12.1. The summed E-state index contributed by atoms with van der Waals surface area (Å²) in [5.41, 5.74) is 1.37. The van der Waals surface area contributed by atoms with Gasteiger partial charge in [-0.1, -0.05) is 44.1 Å². The van der Waals surface area contributed by atoms with E-state index in [2.05, 4.69) is 58.0 Å². The fourth-order valence-corrected chi connectivity index (χ4v) is 2.08. The molecular formula is C15H29NO. The lowest BCUT2D eigenvalue weighted by Gasteiger charge is -2.28. The molecule has 0 saturated heterocycles. The number of rotatable bonds is 8. The van der Waals surface area contributed by atoms with E-state index >= 15 is 0 Å². The maximum atomic E-state index is 9.47. The Kier molecular flexibility index (Phi) is 9.10. The third kappa shape index (κ3) is 6.64. The van der Waals surface area contributed by atoms with Crippen molar-refractivity contribution in [3.05, 3.63) is 23.8 Å². The van der Waals surface area contributed by atoms with E-state index in [4.69, 9.17) is 0 Å². The highest BCUT2D eigenvalue weighted by Gasteiger charge is 2.21. The minimum Gasteiger partial charge on any atom is -0.396 e. The van der Waals surface area contributed by atoms with Gasteiger partial charge in [-0.05, 0) is 39.3 Å². The van der Waals surface area contributed by atoms with Gasteiger partial charge in [0, 0.05) is 13.2 Å². The second-order valence-electron chi connectivity index (χ2n) is 4.97. The van der Waals surface area contributed by atoms with Crippen LogP contribution in [0, 0.1) is 11.8 Å². The fourth-order valence-electron chi connectivity index (χ4n) is 2.08. The van der Waals surface area contributed by atoms with Gasteiger partial charge in [0.05, 0.1) is 0 Å². The molecule has 2 atom stereocenters. The molecule has 0 aromatic carbocycles. The number of allylic oxidation sites excluding steroid dienone is 3. The zero-order valence-electron chi connectivity index (χ0n) is 12.1. The van der Waals surface area contributed by atoms with E-state index in [1.54, 1.807) is 0 Å². The predicted octanol–water partition coefficient (Wildman–Crippen LogP) is 3.10. The molecule has 0 aromatic rings. The Morgan fingerprint density at radius 1 is 1.29 bits per heavy atom. The molecule has 0 fully saturated rings. The summed E-state index contributed by atoms with van der Waals surface area (Å²) < 4.78 is 0. The molecule has 17 heavy (non-hydrogen) atoms. The minimum atomic E-state index is 0.275. The molecule has 0 rings (SSSR count). The van der Waals surface area contributed by atoms with Gasteiger partial charge in [-0.3, -0.25) is 0 Å². The Balaban J connectivity index is 4.76. The van der Waals surface area contributed by atoms with E-state index < -0.39 is 0 Å². The van der Waals surface area contributed by atoms with E-state index in [9.17, 15) is 5.11 Å². The second kappa shape index (κ2) is 9.43. The number of nitrogens with zero attached hydrogens (tertiary/aromatic N) is 1. The first-order valence-electron chi connectivity index (χ1n) is 6.65. The summed E-state index contributed by atoms with van der Waals surface area (Å²) in [5.74, 6) is 0.810. The van der Waals surface area contributed by atoms with Gasteiger partial charge in [-0.15, -0.1) is 0 Å². The molecule has 0 aromatic heterocycles. The van der Waals surface area contributed by atoms with Crippen molar-refractivity contribution in [3.63, 3.8) is 0 Å². The molecular weight excluding hydrogens is 210 g/mol. The monoisotopic (exact) mass is 239 g/mol. The molecule has 0 heterocycles. The van der Waals surface area contributed by atoms with Crippen LogP contribution in [0.15, 0.2) is 23.8 Å². The van der Waals surface area contributed by atoms with Crippen molar-refractivity contribution in [1.82, 2.24) is 4.90 Å². The van der Waals surface area contributed by atoms with Crippen molar-refractivity contribution in [3.8, 4) is 0 Å². The molecule has 0 aliphatic rings. The maximum absolute atomic E-state index is 9.47. The molecule has 0 spiro atoms. The van der Waals surface area contributed by atoms with Crippen LogP contribution in [0.5, 0.6) is 0 Å². The first-order valence-corrected chi connectivity index (χ1v) is 6.65. The number of aliphatic hydroxyl groups excluding tert-OH is 1.